The Morgan fingerprint density at radius 3 is 3.05 bits per heavy atom. The summed E-state index contributed by atoms with van der Waals surface area (Å²) in [6, 6.07) is 0. The summed E-state index contributed by atoms with van der Waals surface area (Å²) < 4.78 is 8.39. The van der Waals surface area contributed by atoms with Crippen molar-refractivity contribution in [3.05, 3.63) is 28.6 Å². The molecule has 10 nitrogen and oxygen atoms in total. The minimum absolute atomic E-state index is 0.0167. The molecular formula is C10H12N8O2. The number of imidazole rings is 1. The average molecular weight is 276 g/mol. The molecule has 2 atom stereocenters. The summed E-state index contributed by atoms with van der Waals surface area (Å²) in [4.78, 5) is 10.9. The molecule has 3 rings (SSSR count). The number of nitrogens with one attached hydrogen (secondary N) is 1. The van der Waals surface area contributed by atoms with Gasteiger partial charge in [-0.1, -0.05) is 0 Å². The number of aliphatic hydroxyl groups excluding tert-OH is 1. The van der Waals surface area contributed by atoms with Crippen LogP contribution in [0.25, 0.3) is 21.6 Å². The quantitative estimate of drug-likeness (QED) is 0.477. The van der Waals surface area contributed by atoms with Crippen LogP contribution in [0.2, 0.25) is 0 Å². The van der Waals surface area contributed by atoms with Crippen LogP contribution in [-0.2, 0) is 4.74 Å². The smallest absolute Gasteiger partial charge is 0.252 e. The highest BCUT2D eigenvalue weighted by Gasteiger charge is 2.27. The van der Waals surface area contributed by atoms with E-state index < -0.39 is 0 Å². The van der Waals surface area contributed by atoms with Crippen LogP contribution in [0.3, 0.4) is 0 Å². The summed E-state index contributed by atoms with van der Waals surface area (Å²) in [5.41, 5.74) is 9.19. The Morgan fingerprint density at radius 2 is 2.35 bits per heavy atom. The lowest BCUT2D eigenvalue weighted by molar-refractivity contribution is -0.0207. The van der Waals surface area contributed by atoms with E-state index in [1.54, 1.807) is 10.9 Å². The van der Waals surface area contributed by atoms with Crippen molar-refractivity contribution in [2.75, 3.05) is 6.61 Å². The number of aromatic nitrogens is 4. The molecule has 2 aromatic heterocycles. The van der Waals surface area contributed by atoms with Gasteiger partial charge in [-0.05, 0) is 18.1 Å². The number of ether oxygens (including phenoxy) is 1. The highest BCUT2D eigenvalue weighted by molar-refractivity contribution is 5.68. The first-order valence-corrected chi connectivity index (χ1v) is 6.05. The highest BCUT2D eigenvalue weighted by Crippen LogP contribution is 2.29. The molecule has 1 aliphatic rings. The Bertz CT molecular complexity index is 743. The van der Waals surface area contributed by atoms with Crippen LogP contribution < -0.4 is 5.49 Å². The normalized spacial score (nSPS) is 22.1. The molecule has 0 aromatic carbocycles. The van der Waals surface area contributed by atoms with Crippen molar-refractivity contribution in [2.45, 2.75) is 25.2 Å². The van der Waals surface area contributed by atoms with E-state index in [-0.39, 0.29) is 24.4 Å². The van der Waals surface area contributed by atoms with Gasteiger partial charge >= 0.3 is 0 Å². The van der Waals surface area contributed by atoms with Crippen molar-refractivity contribution in [2.24, 2.45) is 5.22 Å². The van der Waals surface area contributed by atoms with Crippen molar-refractivity contribution < 1.29 is 9.84 Å². The third-order valence-corrected chi connectivity index (χ3v) is 3.25. The standard InChI is InChI=1S/C10H12N8O2/c11-9-8-10(14-5-18(9)16-15-12)17(4-13-8)7-2-1-6(3-19)20-7/h4-7,11,19H,1-3H2/t6-,7+/m0/s1. The number of hydrogen-bond acceptors (Lipinski definition) is 6. The predicted octanol–water partition coefficient (Wildman–Crippen LogP) is 0.456. The van der Waals surface area contributed by atoms with Crippen LogP contribution in [0.1, 0.15) is 19.1 Å². The maximum Gasteiger partial charge on any atom is 0.252 e. The van der Waals surface area contributed by atoms with Gasteiger partial charge in [-0.2, -0.15) is 9.90 Å². The van der Waals surface area contributed by atoms with Crippen LogP contribution >= 0.6 is 0 Å². The molecule has 1 aliphatic heterocycles. The molecule has 3 heterocycles. The molecule has 0 amide bonds. The first-order chi connectivity index (χ1) is 9.74. The molecule has 104 valence electrons. The number of fused-ring (bicyclic) bond motifs is 1. The highest BCUT2D eigenvalue weighted by atomic mass is 16.5. The van der Waals surface area contributed by atoms with Crippen molar-refractivity contribution in [3.63, 3.8) is 0 Å². The molecule has 0 bridgehead atoms. The van der Waals surface area contributed by atoms with Gasteiger partial charge < -0.3 is 9.84 Å². The zero-order valence-electron chi connectivity index (χ0n) is 10.4. The Labute approximate surface area is 112 Å². The Balaban J connectivity index is 2.05. The van der Waals surface area contributed by atoms with Crippen molar-refractivity contribution in [1.29, 1.82) is 5.41 Å². The van der Waals surface area contributed by atoms with Gasteiger partial charge in [0.25, 0.3) is 5.49 Å². The van der Waals surface area contributed by atoms with E-state index in [0.29, 0.717) is 11.2 Å². The van der Waals surface area contributed by atoms with Crippen LogP contribution in [0, 0.1) is 5.41 Å². The van der Waals surface area contributed by atoms with Gasteiger partial charge in [-0.3, -0.25) is 9.98 Å². The third-order valence-electron chi connectivity index (χ3n) is 3.25. The lowest BCUT2D eigenvalue weighted by Crippen LogP contribution is -2.18. The molecular weight excluding hydrogens is 264 g/mol. The molecule has 2 N–H and O–H groups in total. The molecule has 0 spiro atoms. The van der Waals surface area contributed by atoms with Crippen LogP contribution in [-0.4, -0.2) is 37.0 Å². The molecule has 0 unspecified atom stereocenters. The Kier molecular flexibility index (Phi) is 3.11. The van der Waals surface area contributed by atoms with Gasteiger partial charge in [0.15, 0.2) is 17.5 Å². The monoisotopic (exact) mass is 276 g/mol. The topological polar surface area (TPSA) is 138 Å². The molecule has 0 aliphatic carbocycles. The molecule has 20 heavy (non-hydrogen) atoms. The van der Waals surface area contributed by atoms with E-state index in [1.807, 2.05) is 0 Å². The van der Waals surface area contributed by atoms with E-state index in [0.717, 1.165) is 17.5 Å². The summed E-state index contributed by atoms with van der Waals surface area (Å²) in [6.07, 6.45) is 3.89. The van der Waals surface area contributed by atoms with Crippen LogP contribution in [0.5, 0.6) is 0 Å². The van der Waals surface area contributed by atoms with Crippen LogP contribution in [0.4, 0.5) is 0 Å². The number of hydrogen-bond donors (Lipinski definition) is 2. The van der Waals surface area contributed by atoms with Gasteiger partial charge in [0.2, 0.25) is 0 Å². The first-order valence-electron chi connectivity index (χ1n) is 6.05. The second kappa shape index (κ2) is 4.93. The van der Waals surface area contributed by atoms with Gasteiger partial charge in [-0.25, -0.2) is 4.98 Å². The second-order valence-electron chi connectivity index (χ2n) is 4.41. The van der Waals surface area contributed by atoms with Gasteiger partial charge in [0, 0.05) is 0 Å². The fourth-order valence-electron chi connectivity index (χ4n) is 2.27. The number of aliphatic hydroxyl groups is 1. The Hall–Kier alpha value is -2.42. The molecule has 2 aromatic rings. The number of rotatable bonds is 3. The minimum Gasteiger partial charge on any atom is -0.394 e. The molecule has 1 saturated heterocycles. The first kappa shape index (κ1) is 12.6. The number of azide groups is 1. The molecule has 0 radical (unpaired) electrons. The summed E-state index contributed by atoms with van der Waals surface area (Å²) in [7, 11) is 0. The minimum atomic E-state index is -0.251. The van der Waals surface area contributed by atoms with E-state index in [9.17, 15) is 0 Å². The number of nitrogens with zero attached hydrogens (tertiary/aromatic N) is 7. The summed E-state index contributed by atoms with van der Waals surface area (Å²) >= 11 is 0. The maximum absolute atomic E-state index is 9.09. The zero-order valence-corrected chi connectivity index (χ0v) is 10.4. The fraction of sp³-hybridized carbons (Fsp3) is 0.500. The summed E-state index contributed by atoms with van der Waals surface area (Å²) in [5, 5.41) is 20.3. The largest absolute Gasteiger partial charge is 0.394 e. The van der Waals surface area contributed by atoms with Gasteiger partial charge in [0.1, 0.15) is 6.23 Å². The lowest BCUT2D eigenvalue weighted by Gasteiger charge is -2.13. The van der Waals surface area contributed by atoms with E-state index in [4.69, 9.17) is 20.8 Å². The zero-order chi connectivity index (χ0) is 14.1. The van der Waals surface area contributed by atoms with Crippen molar-refractivity contribution in [1.82, 2.24) is 19.2 Å². The average Bonchev–Trinajstić information content (AvgIpc) is 3.08. The summed E-state index contributed by atoms with van der Waals surface area (Å²) in [5.74, 6) is 0. The SMILES string of the molecule is [N-]=[N+]=Nn1cnc2c(ncn2[C@H]2CC[C@@H](CO)O2)c1=N. The summed E-state index contributed by atoms with van der Waals surface area (Å²) in [6.45, 7) is -0.0167. The maximum atomic E-state index is 9.09. The lowest BCUT2D eigenvalue weighted by atomic mass is 10.2. The van der Waals surface area contributed by atoms with Gasteiger partial charge in [0.05, 0.1) is 19.0 Å². The fourth-order valence-corrected chi connectivity index (χ4v) is 2.27. The van der Waals surface area contributed by atoms with Gasteiger partial charge in [-0.15, -0.1) is 10.2 Å². The van der Waals surface area contributed by atoms with E-state index >= 15 is 0 Å². The molecule has 10 heteroatoms. The van der Waals surface area contributed by atoms with Crippen molar-refractivity contribution >= 4 is 11.2 Å². The Morgan fingerprint density at radius 1 is 1.50 bits per heavy atom. The predicted molar refractivity (Wildman–Crippen MR) is 66.1 cm³/mol. The molecule has 0 saturated carbocycles. The van der Waals surface area contributed by atoms with Crippen LogP contribution in [0.15, 0.2) is 17.9 Å². The van der Waals surface area contributed by atoms with E-state index in [2.05, 4.69) is 20.1 Å². The third kappa shape index (κ3) is 1.92. The molecule has 1 fully saturated rings. The van der Waals surface area contributed by atoms with Crippen molar-refractivity contribution in [3.8, 4) is 0 Å². The van der Waals surface area contributed by atoms with E-state index in [1.165, 1.54) is 6.33 Å². The second-order valence-corrected chi connectivity index (χ2v) is 4.41.